The number of aromatic nitrogens is 2. The molecule has 2 aromatic rings. The van der Waals surface area contributed by atoms with Crippen molar-refractivity contribution in [3.63, 3.8) is 0 Å². The van der Waals surface area contributed by atoms with Crippen molar-refractivity contribution >= 4 is 5.95 Å². The Morgan fingerprint density at radius 2 is 1.89 bits per heavy atom. The predicted molar refractivity (Wildman–Crippen MR) is 72.9 cm³/mol. The van der Waals surface area contributed by atoms with Crippen LogP contribution in [0.3, 0.4) is 0 Å². The Bertz CT molecular complexity index is 523. The lowest BCUT2D eigenvalue weighted by Crippen LogP contribution is -1.96. The van der Waals surface area contributed by atoms with E-state index in [2.05, 4.69) is 21.4 Å². The summed E-state index contributed by atoms with van der Waals surface area (Å²) in [7, 11) is 1.80. The summed E-state index contributed by atoms with van der Waals surface area (Å²) in [5.41, 5.74) is 3.21. The van der Waals surface area contributed by atoms with Crippen LogP contribution in [0.2, 0.25) is 0 Å². The van der Waals surface area contributed by atoms with E-state index in [1.807, 2.05) is 38.4 Å². The molecule has 0 fully saturated rings. The topological polar surface area (TPSA) is 47.0 Å². The molecular formula is C14H17N3O. The minimum absolute atomic E-state index is 0.626. The average molecular weight is 243 g/mol. The van der Waals surface area contributed by atoms with Gasteiger partial charge in [-0.2, -0.15) is 0 Å². The molecule has 2 rings (SSSR count). The van der Waals surface area contributed by atoms with Crippen LogP contribution < -0.4 is 10.1 Å². The number of anilines is 1. The largest absolute Gasteiger partial charge is 0.494 e. The molecule has 1 aromatic carbocycles. The lowest BCUT2D eigenvalue weighted by atomic mass is 10.1. The van der Waals surface area contributed by atoms with Crippen LogP contribution >= 0.6 is 0 Å². The smallest absolute Gasteiger partial charge is 0.222 e. The maximum atomic E-state index is 5.52. The van der Waals surface area contributed by atoms with E-state index < -0.39 is 0 Å². The van der Waals surface area contributed by atoms with Crippen LogP contribution in [0.1, 0.15) is 12.5 Å². The molecule has 0 aliphatic rings. The molecule has 0 saturated carbocycles. The lowest BCUT2D eigenvalue weighted by Gasteiger charge is -2.09. The van der Waals surface area contributed by atoms with Gasteiger partial charge in [0.15, 0.2) is 0 Å². The molecule has 18 heavy (non-hydrogen) atoms. The van der Waals surface area contributed by atoms with Crippen molar-refractivity contribution in [3.8, 4) is 16.9 Å². The SMILES string of the molecule is CCOc1ccc(-c2cnc(NC)nc2)cc1C. The summed E-state index contributed by atoms with van der Waals surface area (Å²) < 4.78 is 5.52. The van der Waals surface area contributed by atoms with Gasteiger partial charge in [-0.3, -0.25) is 0 Å². The van der Waals surface area contributed by atoms with Crippen molar-refractivity contribution in [2.24, 2.45) is 0 Å². The fourth-order valence-corrected chi connectivity index (χ4v) is 1.75. The highest BCUT2D eigenvalue weighted by Crippen LogP contribution is 2.25. The van der Waals surface area contributed by atoms with E-state index >= 15 is 0 Å². The molecule has 94 valence electrons. The van der Waals surface area contributed by atoms with Gasteiger partial charge in [-0.25, -0.2) is 9.97 Å². The quantitative estimate of drug-likeness (QED) is 0.897. The van der Waals surface area contributed by atoms with Gasteiger partial charge in [0.2, 0.25) is 5.95 Å². The van der Waals surface area contributed by atoms with Crippen LogP contribution in [0.25, 0.3) is 11.1 Å². The van der Waals surface area contributed by atoms with Crippen LogP contribution in [0.15, 0.2) is 30.6 Å². The third-order valence-electron chi connectivity index (χ3n) is 2.68. The van der Waals surface area contributed by atoms with E-state index in [0.29, 0.717) is 12.6 Å². The summed E-state index contributed by atoms with van der Waals surface area (Å²) >= 11 is 0. The molecule has 0 unspecified atom stereocenters. The Hall–Kier alpha value is -2.10. The molecule has 0 bridgehead atoms. The fourth-order valence-electron chi connectivity index (χ4n) is 1.75. The maximum Gasteiger partial charge on any atom is 0.222 e. The van der Waals surface area contributed by atoms with Gasteiger partial charge < -0.3 is 10.1 Å². The Balaban J connectivity index is 2.30. The average Bonchev–Trinajstić information content (AvgIpc) is 2.41. The van der Waals surface area contributed by atoms with Crippen molar-refractivity contribution in [2.75, 3.05) is 19.0 Å². The Morgan fingerprint density at radius 3 is 2.44 bits per heavy atom. The second kappa shape index (κ2) is 5.49. The lowest BCUT2D eigenvalue weighted by molar-refractivity contribution is 0.338. The molecule has 4 nitrogen and oxygen atoms in total. The summed E-state index contributed by atoms with van der Waals surface area (Å²) in [4.78, 5) is 8.42. The van der Waals surface area contributed by atoms with Crippen molar-refractivity contribution in [2.45, 2.75) is 13.8 Å². The van der Waals surface area contributed by atoms with Crippen LogP contribution in [0.5, 0.6) is 5.75 Å². The second-order valence-electron chi connectivity index (χ2n) is 3.96. The molecule has 1 aromatic heterocycles. The number of hydrogen-bond acceptors (Lipinski definition) is 4. The first kappa shape index (κ1) is 12.4. The highest BCUT2D eigenvalue weighted by molar-refractivity contribution is 5.64. The van der Waals surface area contributed by atoms with E-state index in [0.717, 1.165) is 22.4 Å². The standard InChI is InChI=1S/C14H17N3O/c1-4-18-13-6-5-11(7-10(13)2)12-8-16-14(15-3)17-9-12/h5-9H,4H2,1-3H3,(H,15,16,17). The van der Waals surface area contributed by atoms with E-state index in [1.165, 1.54) is 0 Å². The molecule has 0 radical (unpaired) electrons. The van der Waals surface area contributed by atoms with Gasteiger partial charge in [-0.1, -0.05) is 6.07 Å². The molecule has 4 heteroatoms. The zero-order valence-electron chi connectivity index (χ0n) is 10.9. The highest BCUT2D eigenvalue weighted by Gasteiger charge is 2.04. The molecule has 1 heterocycles. The van der Waals surface area contributed by atoms with Crippen molar-refractivity contribution in [1.29, 1.82) is 0 Å². The number of hydrogen-bond donors (Lipinski definition) is 1. The summed E-state index contributed by atoms with van der Waals surface area (Å²) in [6.45, 7) is 4.70. The molecule has 0 aliphatic heterocycles. The highest BCUT2D eigenvalue weighted by atomic mass is 16.5. The van der Waals surface area contributed by atoms with E-state index in [9.17, 15) is 0 Å². The van der Waals surface area contributed by atoms with Gasteiger partial charge >= 0.3 is 0 Å². The summed E-state index contributed by atoms with van der Waals surface area (Å²) in [5, 5.41) is 2.90. The van der Waals surface area contributed by atoms with Crippen LogP contribution in [0, 0.1) is 6.92 Å². The number of nitrogens with zero attached hydrogens (tertiary/aromatic N) is 2. The minimum atomic E-state index is 0.626. The van der Waals surface area contributed by atoms with Gasteiger partial charge in [-0.15, -0.1) is 0 Å². The van der Waals surface area contributed by atoms with E-state index in [1.54, 1.807) is 7.05 Å². The molecule has 0 aliphatic carbocycles. The zero-order valence-corrected chi connectivity index (χ0v) is 10.9. The van der Waals surface area contributed by atoms with Gasteiger partial charge in [0.1, 0.15) is 5.75 Å². The third-order valence-corrected chi connectivity index (χ3v) is 2.68. The fraction of sp³-hybridized carbons (Fsp3) is 0.286. The van der Waals surface area contributed by atoms with Crippen LogP contribution in [-0.2, 0) is 0 Å². The Kier molecular flexibility index (Phi) is 3.77. The predicted octanol–water partition coefficient (Wildman–Crippen LogP) is 2.89. The number of nitrogens with one attached hydrogen (secondary N) is 1. The third kappa shape index (κ3) is 2.59. The first-order chi connectivity index (χ1) is 8.74. The molecular weight excluding hydrogens is 226 g/mol. The zero-order chi connectivity index (χ0) is 13.0. The summed E-state index contributed by atoms with van der Waals surface area (Å²) in [6.07, 6.45) is 3.63. The molecule has 1 N–H and O–H groups in total. The monoisotopic (exact) mass is 243 g/mol. The first-order valence-corrected chi connectivity index (χ1v) is 5.98. The maximum absolute atomic E-state index is 5.52. The van der Waals surface area contributed by atoms with E-state index in [4.69, 9.17) is 4.74 Å². The first-order valence-electron chi connectivity index (χ1n) is 5.98. The summed E-state index contributed by atoms with van der Waals surface area (Å²) in [5.74, 6) is 1.55. The normalized spacial score (nSPS) is 10.2. The molecule has 0 atom stereocenters. The van der Waals surface area contributed by atoms with Gasteiger partial charge in [0.25, 0.3) is 0 Å². The van der Waals surface area contributed by atoms with Crippen molar-refractivity contribution < 1.29 is 4.74 Å². The minimum Gasteiger partial charge on any atom is -0.494 e. The molecule has 0 saturated heterocycles. The summed E-state index contributed by atoms with van der Waals surface area (Å²) in [6, 6.07) is 6.10. The van der Waals surface area contributed by atoms with E-state index in [-0.39, 0.29) is 0 Å². The van der Waals surface area contributed by atoms with Crippen LogP contribution in [-0.4, -0.2) is 23.6 Å². The second-order valence-corrected chi connectivity index (χ2v) is 3.96. The van der Waals surface area contributed by atoms with Gasteiger partial charge in [0, 0.05) is 25.0 Å². The van der Waals surface area contributed by atoms with Crippen molar-refractivity contribution in [1.82, 2.24) is 9.97 Å². The van der Waals surface area contributed by atoms with Gasteiger partial charge in [-0.05, 0) is 37.1 Å². The number of ether oxygens (including phenoxy) is 1. The van der Waals surface area contributed by atoms with Crippen molar-refractivity contribution in [3.05, 3.63) is 36.2 Å². The molecule has 0 amide bonds. The number of rotatable bonds is 4. The van der Waals surface area contributed by atoms with Crippen LogP contribution in [0.4, 0.5) is 5.95 Å². The molecule has 0 spiro atoms. The number of benzene rings is 1. The van der Waals surface area contributed by atoms with Gasteiger partial charge in [0.05, 0.1) is 6.61 Å². The Labute approximate surface area is 107 Å². The Morgan fingerprint density at radius 1 is 1.17 bits per heavy atom. The number of aryl methyl sites for hydroxylation is 1.